The first-order valence-corrected chi connectivity index (χ1v) is 10.6. The number of amides is 3. The molecule has 2 aromatic rings. The standard InChI is InChI=1S/C23H30N4O4/c1-4-31-22(29)20-14-16(2)27(17(20)3)15-21(28)24-19-10-12-26(13-11-19)23(30)25-18-8-6-5-7-9-18/h5-9,14,19H,4,10-13,15H2,1-3H3,(H,24,28)(H,25,30). The van der Waals surface area contributed by atoms with E-state index in [1.807, 2.05) is 48.7 Å². The van der Waals surface area contributed by atoms with Crippen molar-refractivity contribution in [2.24, 2.45) is 0 Å². The quantitative estimate of drug-likeness (QED) is 0.695. The summed E-state index contributed by atoms with van der Waals surface area (Å²) < 4.78 is 6.90. The van der Waals surface area contributed by atoms with Crippen molar-refractivity contribution in [2.75, 3.05) is 25.0 Å². The summed E-state index contributed by atoms with van der Waals surface area (Å²) in [5.41, 5.74) is 2.81. The summed E-state index contributed by atoms with van der Waals surface area (Å²) in [5.74, 6) is -0.479. The van der Waals surface area contributed by atoms with Crippen LogP contribution in [-0.4, -0.2) is 53.1 Å². The van der Waals surface area contributed by atoms with E-state index in [1.165, 1.54) is 0 Å². The van der Waals surface area contributed by atoms with E-state index in [-0.39, 0.29) is 30.5 Å². The number of anilines is 1. The summed E-state index contributed by atoms with van der Waals surface area (Å²) in [6, 6.07) is 11.0. The molecule has 1 saturated heterocycles. The fourth-order valence-corrected chi connectivity index (χ4v) is 3.83. The number of nitrogens with one attached hydrogen (secondary N) is 2. The van der Waals surface area contributed by atoms with Crippen LogP contribution in [-0.2, 0) is 16.1 Å². The lowest BCUT2D eigenvalue weighted by atomic mass is 10.1. The minimum absolute atomic E-state index is 0.0222. The van der Waals surface area contributed by atoms with Gasteiger partial charge < -0.3 is 24.8 Å². The molecule has 2 heterocycles. The zero-order valence-electron chi connectivity index (χ0n) is 18.3. The average molecular weight is 427 g/mol. The Morgan fingerprint density at radius 1 is 1.10 bits per heavy atom. The molecular weight excluding hydrogens is 396 g/mol. The minimum atomic E-state index is -0.372. The van der Waals surface area contributed by atoms with Crippen molar-refractivity contribution in [3.8, 4) is 0 Å². The van der Waals surface area contributed by atoms with E-state index in [9.17, 15) is 14.4 Å². The van der Waals surface area contributed by atoms with Gasteiger partial charge in [0.25, 0.3) is 0 Å². The summed E-state index contributed by atoms with van der Waals surface area (Å²) in [7, 11) is 0. The Balaban J connectivity index is 1.49. The maximum Gasteiger partial charge on any atom is 0.339 e. The van der Waals surface area contributed by atoms with Crippen LogP contribution < -0.4 is 10.6 Å². The normalized spacial score (nSPS) is 14.2. The van der Waals surface area contributed by atoms with E-state index in [1.54, 1.807) is 17.9 Å². The zero-order valence-corrected chi connectivity index (χ0v) is 18.3. The molecule has 3 amide bonds. The Hall–Kier alpha value is -3.29. The van der Waals surface area contributed by atoms with Crippen molar-refractivity contribution in [3.05, 3.63) is 53.3 Å². The molecule has 8 heteroatoms. The van der Waals surface area contributed by atoms with E-state index in [0.717, 1.165) is 17.1 Å². The van der Waals surface area contributed by atoms with Gasteiger partial charge in [0.2, 0.25) is 5.91 Å². The van der Waals surface area contributed by atoms with Gasteiger partial charge in [-0.05, 0) is 51.8 Å². The third kappa shape index (κ3) is 5.65. The summed E-state index contributed by atoms with van der Waals surface area (Å²) >= 11 is 0. The van der Waals surface area contributed by atoms with Crippen LogP contribution in [0.25, 0.3) is 0 Å². The van der Waals surface area contributed by atoms with E-state index in [0.29, 0.717) is 38.1 Å². The molecule has 31 heavy (non-hydrogen) atoms. The molecule has 1 aromatic heterocycles. The number of urea groups is 1. The van der Waals surface area contributed by atoms with Crippen molar-refractivity contribution in [3.63, 3.8) is 0 Å². The number of aromatic nitrogens is 1. The number of carbonyl (C=O) groups is 3. The van der Waals surface area contributed by atoms with Crippen molar-refractivity contribution in [2.45, 2.75) is 46.2 Å². The van der Waals surface area contributed by atoms with Gasteiger partial charge in [-0.1, -0.05) is 18.2 Å². The smallest absolute Gasteiger partial charge is 0.339 e. The number of carbonyl (C=O) groups excluding carboxylic acids is 3. The number of para-hydroxylation sites is 1. The van der Waals surface area contributed by atoms with Gasteiger partial charge in [-0.15, -0.1) is 0 Å². The number of likely N-dealkylation sites (tertiary alicyclic amines) is 1. The number of nitrogens with zero attached hydrogens (tertiary/aromatic N) is 2. The highest BCUT2D eigenvalue weighted by atomic mass is 16.5. The van der Waals surface area contributed by atoms with Crippen LogP contribution in [0.4, 0.5) is 10.5 Å². The van der Waals surface area contributed by atoms with Crippen molar-refractivity contribution in [1.82, 2.24) is 14.8 Å². The molecule has 0 saturated carbocycles. The van der Waals surface area contributed by atoms with E-state index < -0.39 is 0 Å². The van der Waals surface area contributed by atoms with Crippen molar-refractivity contribution in [1.29, 1.82) is 0 Å². The lowest BCUT2D eigenvalue weighted by Crippen LogP contribution is -2.48. The summed E-state index contributed by atoms with van der Waals surface area (Å²) in [4.78, 5) is 38.8. The number of hydrogen-bond acceptors (Lipinski definition) is 4. The predicted octanol–water partition coefficient (Wildman–Crippen LogP) is 3.09. The van der Waals surface area contributed by atoms with Gasteiger partial charge in [0.1, 0.15) is 6.54 Å². The fourth-order valence-electron chi connectivity index (χ4n) is 3.83. The third-order valence-electron chi connectivity index (χ3n) is 5.54. The lowest BCUT2D eigenvalue weighted by molar-refractivity contribution is -0.122. The number of rotatable bonds is 6. The predicted molar refractivity (Wildman–Crippen MR) is 118 cm³/mol. The van der Waals surface area contributed by atoms with Crippen LogP contribution in [0.2, 0.25) is 0 Å². The molecule has 2 N–H and O–H groups in total. The molecule has 0 atom stereocenters. The largest absolute Gasteiger partial charge is 0.462 e. The Morgan fingerprint density at radius 3 is 2.42 bits per heavy atom. The van der Waals surface area contributed by atoms with Gasteiger partial charge in [0, 0.05) is 36.2 Å². The van der Waals surface area contributed by atoms with Crippen LogP contribution in [0.15, 0.2) is 36.4 Å². The molecule has 0 unspecified atom stereocenters. The van der Waals surface area contributed by atoms with Gasteiger partial charge in [-0.3, -0.25) is 4.79 Å². The second-order valence-electron chi connectivity index (χ2n) is 7.72. The van der Waals surface area contributed by atoms with Gasteiger partial charge in [-0.2, -0.15) is 0 Å². The molecular formula is C23H30N4O4. The Kier molecular flexibility index (Phi) is 7.33. The van der Waals surface area contributed by atoms with Gasteiger partial charge >= 0.3 is 12.0 Å². The topological polar surface area (TPSA) is 92.7 Å². The maximum atomic E-state index is 12.6. The van der Waals surface area contributed by atoms with Crippen LogP contribution in [0.3, 0.4) is 0 Å². The highest BCUT2D eigenvalue weighted by Gasteiger charge is 2.25. The molecule has 1 aliphatic heterocycles. The first-order valence-electron chi connectivity index (χ1n) is 10.6. The highest BCUT2D eigenvalue weighted by Crippen LogP contribution is 2.17. The number of piperidine rings is 1. The molecule has 1 aliphatic rings. The van der Waals surface area contributed by atoms with E-state index in [2.05, 4.69) is 10.6 Å². The van der Waals surface area contributed by atoms with Gasteiger partial charge in [0.05, 0.1) is 12.2 Å². The summed E-state index contributed by atoms with van der Waals surface area (Å²) in [6.07, 6.45) is 1.40. The second kappa shape index (κ2) is 10.1. The molecule has 1 aromatic carbocycles. The van der Waals surface area contributed by atoms with E-state index >= 15 is 0 Å². The fraction of sp³-hybridized carbons (Fsp3) is 0.435. The maximum absolute atomic E-state index is 12.6. The Morgan fingerprint density at radius 2 is 1.77 bits per heavy atom. The third-order valence-corrected chi connectivity index (χ3v) is 5.54. The Bertz CT molecular complexity index is 931. The zero-order chi connectivity index (χ0) is 22.4. The first-order chi connectivity index (χ1) is 14.9. The molecule has 0 bridgehead atoms. The monoisotopic (exact) mass is 426 g/mol. The highest BCUT2D eigenvalue weighted by molar-refractivity contribution is 5.91. The molecule has 0 radical (unpaired) electrons. The van der Waals surface area contributed by atoms with Gasteiger partial charge in [0.15, 0.2) is 0 Å². The van der Waals surface area contributed by atoms with Crippen molar-refractivity contribution >= 4 is 23.6 Å². The SMILES string of the molecule is CCOC(=O)c1cc(C)n(CC(=O)NC2CCN(C(=O)Nc3ccccc3)CC2)c1C. The van der Waals surface area contributed by atoms with Crippen LogP contribution >= 0.6 is 0 Å². The van der Waals surface area contributed by atoms with Crippen LogP contribution in [0.1, 0.15) is 41.5 Å². The molecule has 0 aliphatic carbocycles. The molecule has 0 spiro atoms. The molecule has 8 nitrogen and oxygen atoms in total. The number of benzene rings is 1. The van der Waals surface area contributed by atoms with Crippen LogP contribution in [0.5, 0.6) is 0 Å². The summed E-state index contributed by atoms with van der Waals surface area (Å²) in [6.45, 7) is 7.07. The number of ether oxygens (including phenoxy) is 1. The average Bonchev–Trinajstić information content (AvgIpc) is 3.03. The van der Waals surface area contributed by atoms with Crippen molar-refractivity contribution < 1.29 is 19.1 Å². The minimum Gasteiger partial charge on any atom is -0.462 e. The first kappa shape index (κ1) is 22.4. The molecule has 166 valence electrons. The van der Waals surface area contributed by atoms with Crippen LogP contribution in [0, 0.1) is 13.8 Å². The number of esters is 1. The lowest BCUT2D eigenvalue weighted by Gasteiger charge is -2.32. The Labute approximate surface area is 182 Å². The van der Waals surface area contributed by atoms with E-state index in [4.69, 9.17) is 4.74 Å². The van der Waals surface area contributed by atoms with Gasteiger partial charge in [-0.25, -0.2) is 9.59 Å². The second-order valence-corrected chi connectivity index (χ2v) is 7.72. The molecule has 3 rings (SSSR count). The molecule has 1 fully saturated rings. The summed E-state index contributed by atoms with van der Waals surface area (Å²) in [5, 5.41) is 5.95. The number of hydrogen-bond donors (Lipinski definition) is 2. The number of aryl methyl sites for hydroxylation is 1.